The summed E-state index contributed by atoms with van der Waals surface area (Å²) in [6, 6.07) is 2.63. The minimum absolute atomic E-state index is 0.566. The highest BCUT2D eigenvalue weighted by molar-refractivity contribution is 5.51. The van der Waals surface area contributed by atoms with E-state index in [0.29, 0.717) is 11.9 Å². The van der Waals surface area contributed by atoms with Crippen LogP contribution in [-0.4, -0.2) is 24.1 Å². The maximum atomic E-state index is 5.67. The van der Waals surface area contributed by atoms with E-state index in [-0.39, 0.29) is 0 Å². The molecule has 0 aliphatic carbocycles. The quantitative estimate of drug-likeness (QED) is 0.679. The minimum atomic E-state index is 0.566. The second-order valence-corrected chi connectivity index (χ2v) is 4.09. The number of nitrogens with zero attached hydrogens (tertiary/aromatic N) is 1. The zero-order chi connectivity index (χ0) is 10.7. The summed E-state index contributed by atoms with van der Waals surface area (Å²) in [5.74, 6) is 0.617. The fourth-order valence-corrected chi connectivity index (χ4v) is 1.87. The Morgan fingerprint density at radius 2 is 2.20 bits per heavy atom. The highest BCUT2D eigenvalue weighted by Gasteiger charge is 2.12. The van der Waals surface area contributed by atoms with Gasteiger partial charge in [0.1, 0.15) is 5.82 Å². The van der Waals surface area contributed by atoms with Crippen LogP contribution in [0.1, 0.15) is 18.4 Å². The highest BCUT2D eigenvalue weighted by Crippen LogP contribution is 2.16. The van der Waals surface area contributed by atoms with Gasteiger partial charge in [0.25, 0.3) is 0 Å². The van der Waals surface area contributed by atoms with E-state index in [4.69, 9.17) is 5.73 Å². The van der Waals surface area contributed by atoms with Gasteiger partial charge in [-0.1, -0.05) is 0 Å². The van der Waals surface area contributed by atoms with Gasteiger partial charge in [0, 0.05) is 6.04 Å². The first kappa shape index (κ1) is 10.2. The van der Waals surface area contributed by atoms with Crippen molar-refractivity contribution >= 4 is 11.5 Å². The van der Waals surface area contributed by atoms with Crippen molar-refractivity contribution in [1.82, 2.24) is 10.3 Å². The fourth-order valence-electron chi connectivity index (χ4n) is 1.87. The number of hydrogen-bond donors (Lipinski definition) is 3. The first-order valence-electron chi connectivity index (χ1n) is 5.45. The van der Waals surface area contributed by atoms with Gasteiger partial charge in [-0.15, -0.1) is 0 Å². The van der Waals surface area contributed by atoms with E-state index in [0.717, 1.165) is 24.3 Å². The van der Waals surface area contributed by atoms with Gasteiger partial charge >= 0.3 is 0 Å². The van der Waals surface area contributed by atoms with Crippen LogP contribution >= 0.6 is 0 Å². The number of anilines is 2. The van der Waals surface area contributed by atoms with E-state index >= 15 is 0 Å². The van der Waals surface area contributed by atoms with Gasteiger partial charge < -0.3 is 16.4 Å². The lowest BCUT2D eigenvalue weighted by Crippen LogP contribution is -2.35. The lowest BCUT2D eigenvalue weighted by molar-refractivity contribution is 0.479. The van der Waals surface area contributed by atoms with E-state index in [2.05, 4.69) is 21.7 Å². The molecule has 0 amide bonds. The van der Waals surface area contributed by atoms with E-state index in [9.17, 15) is 0 Å². The molecule has 0 aromatic carbocycles. The predicted octanol–water partition coefficient (Wildman–Crippen LogP) is 1.14. The molecule has 0 saturated carbocycles. The lowest BCUT2D eigenvalue weighted by Gasteiger charge is -2.24. The van der Waals surface area contributed by atoms with Crippen molar-refractivity contribution in [2.24, 2.45) is 0 Å². The van der Waals surface area contributed by atoms with Crippen LogP contribution in [0, 0.1) is 6.92 Å². The molecule has 4 N–H and O–H groups in total. The molecular formula is C11H18N4. The molecule has 4 heteroatoms. The van der Waals surface area contributed by atoms with Crippen LogP contribution in [0.5, 0.6) is 0 Å². The Morgan fingerprint density at radius 1 is 1.47 bits per heavy atom. The van der Waals surface area contributed by atoms with Crippen molar-refractivity contribution in [2.45, 2.75) is 25.8 Å². The van der Waals surface area contributed by atoms with Gasteiger partial charge in [-0.2, -0.15) is 0 Å². The number of hydrogen-bond acceptors (Lipinski definition) is 4. The van der Waals surface area contributed by atoms with Gasteiger partial charge in [0.05, 0.1) is 11.9 Å². The molecule has 82 valence electrons. The summed E-state index contributed by atoms with van der Waals surface area (Å²) in [6.45, 7) is 4.17. The molecule has 2 heterocycles. The average molecular weight is 206 g/mol. The second kappa shape index (κ2) is 4.49. The number of pyridine rings is 1. The number of nitrogens with two attached hydrogens (primary N) is 1. The number of nitrogens with one attached hydrogen (secondary N) is 2. The Balaban J connectivity index is 2.00. The number of aromatic nitrogens is 1. The zero-order valence-corrected chi connectivity index (χ0v) is 9.09. The number of piperidine rings is 1. The number of aryl methyl sites for hydroxylation is 1. The molecule has 1 fully saturated rings. The summed E-state index contributed by atoms with van der Waals surface area (Å²) in [5.41, 5.74) is 7.79. The molecule has 0 atom stereocenters. The van der Waals surface area contributed by atoms with Crippen LogP contribution in [0.2, 0.25) is 0 Å². The van der Waals surface area contributed by atoms with Crippen molar-refractivity contribution < 1.29 is 0 Å². The summed E-state index contributed by atoms with van der Waals surface area (Å²) in [7, 11) is 0. The maximum absolute atomic E-state index is 5.67. The molecule has 0 radical (unpaired) electrons. The maximum Gasteiger partial charge on any atom is 0.126 e. The molecule has 1 aromatic heterocycles. The molecule has 1 aliphatic rings. The predicted molar refractivity (Wildman–Crippen MR) is 62.9 cm³/mol. The summed E-state index contributed by atoms with van der Waals surface area (Å²) in [6.07, 6.45) is 4.15. The average Bonchev–Trinajstić information content (AvgIpc) is 2.25. The van der Waals surface area contributed by atoms with Gasteiger partial charge in [0.15, 0.2) is 0 Å². The third kappa shape index (κ3) is 2.59. The first-order valence-corrected chi connectivity index (χ1v) is 5.45. The van der Waals surface area contributed by atoms with Crippen LogP contribution < -0.4 is 16.4 Å². The Morgan fingerprint density at radius 3 is 2.87 bits per heavy atom. The third-order valence-electron chi connectivity index (χ3n) is 2.83. The molecule has 0 unspecified atom stereocenters. The molecule has 2 rings (SSSR count). The van der Waals surface area contributed by atoms with Gasteiger partial charge in [0.2, 0.25) is 0 Å². The third-order valence-corrected chi connectivity index (χ3v) is 2.83. The number of nitrogen functional groups attached to an aromatic ring is 1. The Bertz CT molecular complexity index is 331. The Labute approximate surface area is 90.3 Å². The standard InChI is InChI=1S/C11H18N4/c1-8-6-10(7-14-11(8)12)15-9-2-4-13-5-3-9/h6-7,9,13,15H,2-5H2,1H3,(H2,12,14). The normalized spacial score (nSPS) is 17.7. The summed E-state index contributed by atoms with van der Waals surface area (Å²) >= 11 is 0. The second-order valence-electron chi connectivity index (χ2n) is 4.09. The lowest BCUT2D eigenvalue weighted by atomic mass is 10.1. The topological polar surface area (TPSA) is 63.0 Å². The molecular weight excluding hydrogens is 188 g/mol. The summed E-state index contributed by atoms with van der Waals surface area (Å²) < 4.78 is 0. The molecule has 15 heavy (non-hydrogen) atoms. The van der Waals surface area contributed by atoms with Crippen LogP contribution in [0.15, 0.2) is 12.3 Å². The zero-order valence-electron chi connectivity index (χ0n) is 9.09. The van der Waals surface area contributed by atoms with Gasteiger partial charge in [-0.25, -0.2) is 4.98 Å². The minimum Gasteiger partial charge on any atom is -0.383 e. The molecule has 4 nitrogen and oxygen atoms in total. The van der Waals surface area contributed by atoms with Crippen LogP contribution in [0.25, 0.3) is 0 Å². The Hall–Kier alpha value is -1.29. The molecule has 1 aliphatic heterocycles. The van der Waals surface area contributed by atoms with Crippen molar-refractivity contribution in [3.8, 4) is 0 Å². The van der Waals surface area contributed by atoms with Crippen molar-refractivity contribution in [1.29, 1.82) is 0 Å². The SMILES string of the molecule is Cc1cc(NC2CCNCC2)cnc1N. The molecule has 1 saturated heterocycles. The largest absolute Gasteiger partial charge is 0.383 e. The van der Waals surface area contributed by atoms with Gasteiger partial charge in [-0.3, -0.25) is 0 Å². The van der Waals surface area contributed by atoms with E-state index in [1.165, 1.54) is 12.8 Å². The van der Waals surface area contributed by atoms with E-state index < -0.39 is 0 Å². The molecule has 0 bridgehead atoms. The van der Waals surface area contributed by atoms with Crippen LogP contribution in [0.3, 0.4) is 0 Å². The number of rotatable bonds is 2. The summed E-state index contributed by atoms with van der Waals surface area (Å²) in [5, 5.41) is 6.84. The van der Waals surface area contributed by atoms with Crippen LogP contribution in [-0.2, 0) is 0 Å². The smallest absolute Gasteiger partial charge is 0.126 e. The van der Waals surface area contributed by atoms with E-state index in [1.807, 2.05) is 13.1 Å². The summed E-state index contributed by atoms with van der Waals surface area (Å²) in [4.78, 5) is 4.14. The van der Waals surface area contributed by atoms with Crippen molar-refractivity contribution in [3.63, 3.8) is 0 Å². The highest BCUT2D eigenvalue weighted by atomic mass is 15.0. The first-order chi connectivity index (χ1) is 7.25. The molecule has 0 spiro atoms. The van der Waals surface area contributed by atoms with Gasteiger partial charge in [-0.05, 0) is 44.5 Å². The molecule has 1 aromatic rings. The van der Waals surface area contributed by atoms with Crippen LogP contribution in [0.4, 0.5) is 11.5 Å². The van der Waals surface area contributed by atoms with Crippen molar-refractivity contribution in [3.05, 3.63) is 17.8 Å². The Kier molecular flexibility index (Phi) is 3.06. The monoisotopic (exact) mass is 206 g/mol. The fraction of sp³-hybridized carbons (Fsp3) is 0.545. The van der Waals surface area contributed by atoms with Crippen molar-refractivity contribution in [2.75, 3.05) is 24.1 Å². The van der Waals surface area contributed by atoms with E-state index in [1.54, 1.807) is 0 Å².